The zero-order chi connectivity index (χ0) is 14.7. The summed E-state index contributed by atoms with van der Waals surface area (Å²) in [5.41, 5.74) is 3.18. The van der Waals surface area contributed by atoms with Gasteiger partial charge in [-0.25, -0.2) is 0 Å². The van der Waals surface area contributed by atoms with Gasteiger partial charge in [0.1, 0.15) is 0 Å². The molecular weight excluding hydrogens is 266 g/mol. The molecule has 21 heavy (non-hydrogen) atoms. The van der Waals surface area contributed by atoms with Crippen LogP contribution in [0.4, 0.5) is 0 Å². The molecule has 0 aliphatic carbocycles. The van der Waals surface area contributed by atoms with Crippen LogP contribution in [0.1, 0.15) is 29.7 Å². The lowest BCUT2D eigenvalue weighted by Gasteiger charge is -2.16. The molecule has 4 nitrogen and oxygen atoms in total. The Bertz CT molecular complexity index is 627. The third kappa shape index (κ3) is 3.01. The van der Waals surface area contributed by atoms with Gasteiger partial charge in [-0.05, 0) is 24.1 Å². The van der Waals surface area contributed by atoms with E-state index in [1.54, 1.807) is 0 Å². The number of rotatable bonds is 5. The van der Waals surface area contributed by atoms with Gasteiger partial charge in [0.05, 0.1) is 6.61 Å². The van der Waals surface area contributed by atoms with Crippen LogP contribution in [0.15, 0.2) is 42.5 Å². The zero-order valence-corrected chi connectivity index (χ0v) is 12.0. The van der Waals surface area contributed by atoms with Crippen LogP contribution >= 0.6 is 0 Å². The van der Waals surface area contributed by atoms with E-state index in [1.807, 2.05) is 36.4 Å². The lowest BCUT2D eigenvalue weighted by Crippen LogP contribution is -2.18. The highest BCUT2D eigenvalue weighted by Crippen LogP contribution is 2.35. The van der Waals surface area contributed by atoms with Crippen molar-refractivity contribution >= 4 is 0 Å². The Balaban J connectivity index is 1.68. The highest BCUT2D eigenvalue weighted by atomic mass is 16.7. The lowest BCUT2D eigenvalue weighted by atomic mass is 10.0. The van der Waals surface area contributed by atoms with E-state index >= 15 is 0 Å². The molecule has 0 radical (unpaired) electrons. The van der Waals surface area contributed by atoms with Crippen LogP contribution < -0.4 is 14.8 Å². The summed E-state index contributed by atoms with van der Waals surface area (Å²) in [6, 6.07) is 14.1. The Kier molecular flexibility index (Phi) is 4.08. The molecule has 1 aliphatic heterocycles. The number of fused-ring (bicyclic) bond motifs is 1. The maximum Gasteiger partial charge on any atom is 0.231 e. The van der Waals surface area contributed by atoms with E-state index in [9.17, 15) is 5.11 Å². The molecule has 0 unspecified atom stereocenters. The number of aliphatic hydroxyl groups is 1. The topological polar surface area (TPSA) is 50.7 Å². The third-order valence-electron chi connectivity index (χ3n) is 3.71. The third-order valence-corrected chi connectivity index (χ3v) is 3.71. The van der Waals surface area contributed by atoms with Crippen molar-refractivity contribution in [2.75, 3.05) is 6.79 Å². The molecular formula is C17H19NO3. The van der Waals surface area contributed by atoms with Crippen LogP contribution in [0.25, 0.3) is 0 Å². The summed E-state index contributed by atoms with van der Waals surface area (Å²) in [7, 11) is 0. The molecule has 2 aromatic carbocycles. The summed E-state index contributed by atoms with van der Waals surface area (Å²) >= 11 is 0. The molecule has 3 rings (SSSR count). The van der Waals surface area contributed by atoms with Crippen molar-refractivity contribution in [3.8, 4) is 11.5 Å². The average Bonchev–Trinajstić information content (AvgIpc) is 3.01. The first-order chi connectivity index (χ1) is 10.3. The van der Waals surface area contributed by atoms with Gasteiger partial charge >= 0.3 is 0 Å². The van der Waals surface area contributed by atoms with Gasteiger partial charge in [0.2, 0.25) is 6.79 Å². The smallest absolute Gasteiger partial charge is 0.231 e. The normalized spacial score (nSPS) is 14.2. The van der Waals surface area contributed by atoms with Crippen molar-refractivity contribution in [2.45, 2.75) is 26.1 Å². The minimum Gasteiger partial charge on any atom is -0.454 e. The fourth-order valence-electron chi connectivity index (χ4n) is 2.47. The predicted molar refractivity (Wildman–Crippen MR) is 80.2 cm³/mol. The molecule has 1 heterocycles. The molecule has 0 saturated heterocycles. The molecule has 0 spiro atoms. The number of para-hydroxylation sites is 1. The minimum atomic E-state index is 0.0674. The van der Waals surface area contributed by atoms with Crippen LogP contribution in [0.3, 0.4) is 0 Å². The number of hydrogen-bond acceptors (Lipinski definition) is 4. The van der Waals surface area contributed by atoms with Crippen molar-refractivity contribution in [1.29, 1.82) is 0 Å². The molecule has 2 N–H and O–H groups in total. The largest absolute Gasteiger partial charge is 0.454 e. The first-order valence-electron chi connectivity index (χ1n) is 7.08. The van der Waals surface area contributed by atoms with Crippen molar-refractivity contribution in [3.05, 3.63) is 59.2 Å². The lowest BCUT2D eigenvalue weighted by molar-refractivity contribution is 0.173. The van der Waals surface area contributed by atoms with Crippen LogP contribution in [0.5, 0.6) is 11.5 Å². The molecule has 0 saturated carbocycles. The van der Waals surface area contributed by atoms with E-state index in [0.29, 0.717) is 13.3 Å². The molecule has 0 amide bonds. The van der Waals surface area contributed by atoms with Gasteiger partial charge < -0.3 is 19.9 Å². The zero-order valence-electron chi connectivity index (χ0n) is 12.0. The second-order valence-corrected chi connectivity index (χ2v) is 5.16. The summed E-state index contributed by atoms with van der Waals surface area (Å²) in [5, 5.41) is 12.7. The van der Waals surface area contributed by atoms with Crippen LogP contribution in [-0.4, -0.2) is 11.9 Å². The first kappa shape index (κ1) is 13.9. The highest BCUT2D eigenvalue weighted by Gasteiger charge is 2.17. The molecule has 2 aromatic rings. The van der Waals surface area contributed by atoms with Gasteiger partial charge in [-0.2, -0.15) is 0 Å². The van der Waals surface area contributed by atoms with E-state index in [4.69, 9.17) is 9.47 Å². The van der Waals surface area contributed by atoms with Crippen molar-refractivity contribution < 1.29 is 14.6 Å². The summed E-state index contributed by atoms with van der Waals surface area (Å²) in [5.74, 6) is 1.64. The van der Waals surface area contributed by atoms with Crippen LogP contribution in [-0.2, 0) is 13.2 Å². The summed E-state index contributed by atoms with van der Waals surface area (Å²) < 4.78 is 10.9. The van der Waals surface area contributed by atoms with E-state index in [1.165, 1.54) is 0 Å². The second-order valence-electron chi connectivity index (χ2n) is 5.16. The first-order valence-corrected chi connectivity index (χ1v) is 7.08. The fraction of sp³-hybridized carbons (Fsp3) is 0.294. The predicted octanol–water partition coefficient (Wildman–Crippen LogP) is 2.76. The van der Waals surface area contributed by atoms with E-state index in [-0.39, 0.29) is 12.6 Å². The SMILES string of the molecule is C[C@@H](NCc1cccc2c1OCO2)c1cccc(CO)c1. The Morgan fingerprint density at radius 2 is 2.05 bits per heavy atom. The van der Waals surface area contributed by atoms with Crippen molar-refractivity contribution in [1.82, 2.24) is 5.32 Å². The Hall–Kier alpha value is -2.04. The van der Waals surface area contributed by atoms with Gasteiger partial charge in [-0.3, -0.25) is 0 Å². The Morgan fingerprint density at radius 1 is 1.19 bits per heavy atom. The van der Waals surface area contributed by atoms with Gasteiger partial charge in [-0.15, -0.1) is 0 Å². The number of benzene rings is 2. The van der Waals surface area contributed by atoms with Gasteiger partial charge in [-0.1, -0.05) is 36.4 Å². The van der Waals surface area contributed by atoms with E-state index in [2.05, 4.69) is 18.3 Å². The number of ether oxygens (including phenoxy) is 2. The molecule has 1 atom stereocenters. The van der Waals surface area contributed by atoms with E-state index in [0.717, 1.165) is 28.2 Å². The summed E-state index contributed by atoms with van der Waals surface area (Å²) in [6.45, 7) is 3.17. The minimum absolute atomic E-state index is 0.0674. The summed E-state index contributed by atoms with van der Waals surface area (Å²) in [4.78, 5) is 0. The molecule has 0 bridgehead atoms. The number of aliphatic hydroxyl groups excluding tert-OH is 1. The van der Waals surface area contributed by atoms with E-state index < -0.39 is 0 Å². The monoisotopic (exact) mass is 285 g/mol. The molecule has 110 valence electrons. The van der Waals surface area contributed by atoms with Crippen LogP contribution in [0.2, 0.25) is 0 Å². The van der Waals surface area contributed by atoms with Crippen molar-refractivity contribution in [2.24, 2.45) is 0 Å². The highest BCUT2D eigenvalue weighted by molar-refractivity contribution is 5.48. The van der Waals surface area contributed by atoms with Crippen LogP contribution in [0, 0.1) is 0 Å². The Morgan fingerprint density at radius 3 is 2.90 bits per heavy atom. The van der Waals surface area contributed by atoms with Gasteiger partial charge in [0.25, 0.3) is 0 Å². The number of hydrogen-bond donors (Lipinski definition) is 2. The van der Waals surface area contributed by atoms with Gasteiger partial charge in [0, 0.05) is 18.2 Å². The number of nitrogens with one attached hydrogen (secondary N) is 1. The molecule has 0 fully saturated rings. The maximum atomic E-state index is 9.21. The molecule has 0 aromatic heterocycles. The quantitative estimate of drug-likeness (QED) is 0.887. The van der Waals surface area contributed by atoms with Gasteiger partial charge in [0.15, 0.2) is 11.5 Å². The summed E-state index contributed by atoms with van der Waals surface area (Å²) in [6.07, 6.45) is 0. The maximum absolute atomic E-state index is 9.21. The fourth-order valence-corrected chi connectivity index (χ4v) is 2.47. The second kappa shape index (κ2) is 6.16. The van der Waals surface area contributed by atoms with Crippen molar-refractivity contribution in [3.63, 3.8) is 0 Å². The Labute approximate surface area is 124 Å². The molecule has 1 aliphatic rings. The molecule has 4 heteroatoms. The average molecular weight is 285 g/mol. The standard InChI is InChI=1S/C17H19NO3/c1-12(14-5-2-4-13(8-14)10-19)18-9-15-6-3-7-16-17(15)21-11-20-16/h2-8,12,18-19H,9-11H2,1H3/t12-/m1/s1.